The van der Waals surface area contributed by atoms with Gasteiger partial charge in [0.1, 0.15) is 24.7 Å². The molecule has 0 saturated carbocycles. The van der Waals surface area contributed by atoms with Crippen LogP contribution in [0.1, 0.15) is 11.4 Å². The van der Waals surface area contributed by atoms with E-state index in [2.05, 4.69) is 4.98 Å². The highest BCUT2D eigenvalue weighted by Gasteiger charge is 2.20. The summed E-state index contributed by atoms with van der Waals surface area (Å²) in [5, 5.41) is 10.0. The lowest BCUT2D eigenvalue weighted by atomic mass is 10.2. The van der Waals surface area contributed by atoms with Gasteiger partial charge in [-0.25, -0.2) is 9.78 Å². The number of nitrogens with zero attached hydrogens (tertiary/aromatic N) is 3. The van der Waals surface area contributed by atoms with Crippen LogP contribution in [0.5, 0.6) is 11.5 Å². The fraction of sp³-hybridized carbons (Fsp3) is 0.185. The SMILES string of the molecule is Cc1nc2ccccc2c(=O)n1CCOc1ccc(CN(CC(=O)O)C(=O)Oc2ccccc2Cl)cc1. The summed E-state index contributed by atoms with van der Waals surface area (Å²) in [5.74, 6) is 0.130. The van der Waals surface area contributed by atoms with Crippen LogP contribution in [0, 0.1) is 6.92 Å². The second-order valence-electron chi connectivity index (χ2n) is 8.17. The van der Waals surface area contributed by atoms with Crippen molar-refractivity contribution in [3.05, 3.63) is 99.6 Å². The summed E-state index contributed by atoms with van der Waals surface area (Å²) in [6, 6.07) is 20.5. The predicted octanol–water partition coefficient (Wildman–Crippen LogP) is 4.52. The summed E-state index contributed by atoms with van der Waals surface area (Å²) >= 11 is 6.03. The number of halogens is 1. The van der Waals surface area contributed by atoms with Crippen molar-refractivity contribution in [2.45, 2.75) is 20.0 Å². The largest absolute Gasteiger partial charge is 0.492 e. The van der Waals surface area contributed by atoms with Crippen molar-refractivity contribution in [3.63, 3.8) is 0 Å². The Bertz CT molecular complexity index is 1490. The van der Waals surface area contributed by atoms with E-state index in [1.54, 1.807) is 72.2 Å². The summed E-state index contributed by atoms with van der Waals surface area (Å²) in [5.41, 5.74) is 1.21. The molecule has 1 heterocycles. The van der Waals surface area contributed by atoms with Crippen LogP contribution in [-0.2, 0) is 17.9 Å². The lowest BCUT2D eigenvalue weighted by Crippen LogP contribution is -2.37. The van der Waals surface area contributed by atoms with Gasteiger partial charge in [0, 0.05) is 6.54 Å². The summed E-state index contributed by atoms with van der Waals surface area (Å²) < 4.78 is 12.6. The second kappa shape index (κ2) is 11.6. The fourth-order valence-electron chi connectivity index (χ4n) is 3.74. The Hall–Kier alpha value is -4.37. The molecule has 9 nitrogen and oxygen atoms in total. The number of aryl methyl sites for hydroxylation is 1. The van der Waals surface area contributed by atoms with Gasteiger partial charge in [-0.2, -0.15) is 0 Å². The van der Waals surface area contributed by atoms with E-state index in [1.807, 2.05) is 6.07 Å². The van der Waals surface area contributed by atoms with Crippen molar-refractivity contribution in [1.29, 1.82) is 0 Å². The molecule has 4 aromatic rings. The molecule has 1 amide bonds. The van der Waals surface area contributed by atoms with Gasteiger partial charge in [-0.15, -0.1) is 0 Å². The van der Waals surface area contributed by atoms with Gasteiger partial charge < -0.3 is 14.6 Å². The fourth-order valence-corrected chi connectivity index (χ4v) is 3.92. The van der Waals surface area contributed by atoms with Crippen LogP contribution in [0.2, 0.25) is 5.02 Å². The molecule has 0 fully saturated rings. The molecule has 4 rings (SSSR count). The lowest BCUT2D eigenvalue weighted by Gasteiger charge is -2.20. The number of carboxylic acid groups (broad SMARTS) is 1. The van der Waals surface area contributed by atoms with E-state index in [-0.39, 0.29) is 29.5 Å². The molecule has 0 unspecified atom stereocenters. The average Bonchev–Trinajstić information content (AvgIpc) is 2.87. The predicted molar refractivity (Wildman–Crippen MR) is 138 cm³/mol. The molecule has 0 saturated heterocycles. The number of carboxylic acids is 1. The minimum Gasteiger partial charge on any atom is -0.492 e. The molecule has 3 aromatic carbocycles. The molecule has 1 N–H and O–H groups in total. The smallest absolute Gasteiger partial charge is 0.416 e. The highest BCUT2D eigenvalue weighted by molar-refractivity contribution is 6.32. The first-order chi connectivity index (χ1) is 17.8. The summed E-state index contributed by atoms with van der Waals surface area (Å²) in [6.07, 6.45) is -0.833. The molecule has 37 heavy (non-hydrogen) atoms. The number of fused-ring (bicyclic) bond motifs is 1. The quantitative estimate of drug-likeness (QED) is 0.344. The molecule has 0 bridgehead atoms. The molecule has 190 valence electrons. The number of benzene rings is 3. The van der Waals surface area contributed by atoms with Crippen molar-refractivity contribution in [1.82, 2.24) is 14.5 Å². The van der Waals surface area contributed by atoms with E-state index in [0.717, 1.165) is 4.90 Å². The van der Waals surface area contributed by atoms with E-state index in [1.165, 1.54) is 6.07 Å². The van der Waals surface area contributed by atoms with Crippen LogP contribution in [0.25, 0.3) is 10.9 Å². The van der Waals surface area contributed by atoms with Gasteiger partial charge in [0.2, 0.25) is 0 Å². The number of ether oxygens (including phenoxy) is 2. The summed E-state index contributed by atoms with van der Waals surface area (Å²) in [7, 11) is 0. The summed E-state index contributed by atoms with van der Waals surface area (Å²) in [4.78, 5) is 42.2. The standard InChI is InChI=1S/C27H24ClN3O6/c1-18-29-23-8-4-2-6-21(23)26(34)31(18)14-15-36-20-12-10-19(11-13-20)16-30(17-25(32)33)27(35)37-24-9-5-3-7-22(24)28/h2-13H,14-17H2,1H3,(H,32,33). The zero-order valence-electron chi connectivity index (χ0n) is 20.0. The van der Waals surface area contributed by atoms with E-state index >= 15 is 0 Å². The Morgan fingerprint density at radius 2 is 1.73 bits per heavy atom. The average molecular weight is 522 g/mol. The van der Waals surface area contributed by atoms with Gasteiger partial charge >= 0.3 is 12.1 Å². The molecule has 0 aliphatic heterocycles. The third-order valence-electron chi connectivity index (χ3n) is 5.55. The van der Waals surface area contributed by atoms with Gasteiger partial charge in [-0.3, -0.25) is 19.1 Å². The van der Waals surface area contributed by atoms with Crippen molar-refractivity contribution in [2.24, 2.45) is 0 Å². The number of aliphatic carboxylic acids is 1. The number of aromatic nitrogens is 2. The number of amides is 1. The number of carbonyl (C=O) groups is 2. The van der Waals surface area contributed by atoms with Crippen LogP contribution in [-0.4, -0.2) is 44.8 Å². The zero-order chi connectivity index (χ0) is 26.4. The number of hydrogen-bond donors (Lipinski definition) is 1. The number of carbonyl (C=O) groups excluding carboxylic acids is 1. The molecule has 0 aliphatic carbocycles. The highest BCUT2D eigenvalue weighted by atomic mass is 35.5. The Labute approximate surface area is 217 Å². The third kappa shape index (κ3) is 6.45. The van der Waals surface area contributed by atoms with Gasteiger partial charge in [0.25, 0.3) is 5.56 Å². The van der Waals surface area contributed by atoms with Gasteiger partial charge in [0.05, 0.1) is 22.5 Å². The maximum atomic E-state index is 12.8. The van der Waals surface area contributed by atoms with Crippen LogP contribution >= 0.6 is 11.6 Å². The normalized spacial score (nSPS) is 10.8. The first-order valence-corrected chi connectivity index (χ1v) is 11.8. The molecule has 10 heteroatoms. The third-order valence-corrected chi connectivity index (χ3v) is 5.86. The Balaban J connectivity index is 1.38. The van der Waals surface area contributed by atoms with E-state index in [4.69, 9.17) is 21.1 Å². The topological polar surface area (TPSA) is 111 Å². The van der Waals surface area contributed by atoms with Crippen LogP contribution in [0.3, 0.4) is 0 Å². The van der Waals surface area contributed by atoms with Crippen LogP contribution < -0.4 is 15.0 Å². The molecule has 0 radical (unpaired) electrons. The van der Waals surface area contributed by atoms with Crippen molar-refractivity contribution in [3.8, 4) is 11.5 Å². The maximum Gasteiger partial charge on any atom is 0.416 e. The van der Waals surface area contributed by atoms with Crippen molar-refractivity contribution < 1.29 is 24.2 Å². The molecule has 0 aliphatic rings. The molecule has 0 atom stereocenters. The zero-order valence-corrected chi connectivity index (χ0v) is 20.7. The number of rotatable bonds is 9. The maximum absolute atomic E-state index is 12.8. The molecular weight excluding hydrogens is 498 g/mol. The second-order valence-corrected chi connectivity index (χ2v) is 8.58. The van der Waals surface area contributed by atoms with Crippen LogP contribution in [0.4, 0.5) is 4.79 Å². The van der Waals surface area contributed by atoms with Crippen LogP contribution in [0.15, 0.2) is 77.6 Å². The lowest BCUT2D eigenvalue weighted by molar-refractivity contribution is -0.138. The monoisotopic (exact) mass is 521 g/mol. The molecular formula is C27H24ClN3O6. The highest BCUT2D eigenvalue weighted by Crippen LogP contribution is 2.24. The van der Waals surface area contributed by atoms with E-state index in [9.17, 15) is 19.5 Å². The van der Waals surface area contributed by atoms with Crippen molar-refractivity contribution in [2.75, 3.05) is 13.2 Å². The van der Waals surface area contributed by atoms with E-state index in [0.29, 0.717) is 34.6 Å². The van der Waals surface area contributed by atoms with Gasteiger partial charge in [0.15, 0.2) is 5.75 Å². The van der Waals surface area contributed by atoms with Gasteiger partial charge in [-0.1, -0.05) is 48.0 Å². The molecule has 1 aromatic heterocycles. The number of para-hydroxylation sites is 2. The minimum atomic E-state index is -1.18. The Morgan fingerprint density at radius 3 is 2.46 bits per heavy atom. The van der Waals surface area contributed by atoms with E-state index < -0.39 is 18.6 Å². The first kappa shape index (κ1) is 25.7. The number of hydrogen-bond acceptors (Lipinski definition) is 6. The van der Waals surface area contributed by atoms with Crippen molar-refractivity contribution >= 4 is 34.6 Å². The van der Waals surface area contributed by atoms with Gasteiger partial charge in [-0.05, 0) is 48.9 Å². The Morgan fingerprint density at radius 1 is 1.03 bits per heavy atom. The molecule has 0 spiro atoms. The minimum absolute atomic E-state index is 0.00716. The first-order valence-electron chi connectivity index (χ1n) is 11.4. The Kier molecular flexibility index (Phi) is 8.05. The summed E-state index contributed by atoms with van der Waals surface area (Å²) in [6.45, 7) is 1.81.